The molecule has 2 aromatic carbocycles. The summed E-state index contributed by atoms with van der Waals surface area (Å²) < 4.78 is 19.0. The zero-order valence-corrected chi connectivity index (χ0v) is 29.5. The maximum atomic E-state index is 14.1. The minimum atomic E-state index is -0.0879. The normalized spacial score (nSPS) is 18.2. The Kier molecular flexibility index (Phi) is 8.78. The van der Waals surface area contributed by atoms with Crippen LogP contribution in [0.4, 0.5) is 0 Å². The lowest BCUT2D eigenvalue weighted by Crippen LogP contribution is -2.41. The highest BCUT2D eigenvalue weighted by atomic mass is 32.2. The second-order valence-corrected chi connectivity index (χ2v) is 15.5. The van der Waals surface area contributed by atoms with Crippen LogP contribution in [-0.2, 0) is 11.3 Å². The fourth-order valence-corrected chi connectivity index (χ4v) is 8.40. The van der Waals surface area contributed by atoms with E-state index in [-0.39, 0.29) is 17.1 Å². The third kappa shape index (κ3) is 6.07. The SMILES string of the molecule is COc1ccc2c(c1)C=C(c1c(C(=O)N3CCOCC3)ncn1C1CC1)Cn1c-2c(C2CCCCC2)c2ccc(C(=O)NSC(C)C)cc21. The van der Waals surface area contributed by atoms with Crippen molar-refractivity contribution in [2.75, 3.05) is 33.4 Å². The fraction of sp³-hybridized carbons (Fsp3) is 0.462. The number of carbonyl (C=O) groups excluding carboxylic acids is 2. The quantitative estimate of drug-likeness (QED) is 0.192. The van der Waals surface area contributed by atoms with Gasteiger partial charge in [-0.15, -0.1) is 0 Å². The summed E-state index contributed by atoms with van der Waals surface area (Å²) in [6.45, 7) is 6.88. The molecule has 1 saturated heterocycles. The molecule has 3 fully saturated rings. The van der Waals surface area contributed by atoms with Gasteiger partial charge in [-0.1, -0.05) is 39.2 Å². The van der Waals surface area contributed by atoms with Gasteiger partial charge in [-0.3, -0.25) is 14.3 Å². The maximum Gasteiger partial charge on any atom is 0.274 e. The highest BCUT2D eigenvalue weighted by molar-refractivity contribution is 7.98. The van der Waals surface area contributed by atoms with Gasteiger partial charge in [0.05, 0.1) is 44.6 Å². The van der Waals surface area contributed by atoms with Gasteiger partial charge in [0.2, 0.25) is 0 Å². The molecule has 0 bridgehead atoms. The van der Waals surface area contributed by atoms with Crippen molar-refractivity contribution in [2.45, 2.75) is 82.5 Å². The number of imidazole rings is 1. The van der Waals surface area contributed by atoms with Crippen LogP contribution in [0.3, 0.4) is 0 Å². The Labute approximate surface area is 292 Å². The van der Waals surface area contributed by atoms with Crippen molar-refractivity contribution in [3.63, 3.8) is 0 Å². The predicted molar refractivity (Wildman–Crippen MR) is 195 cm³/mol. The van der Waals surface area contributed by atoms with Gasteiger partial charge in [0.1, 0.15) is 5.75 Å². The van der Waals surface area contributed by atoms with Crippen molar-refractivity contribution in [3.8, 4) is 17.0 Å². The van der Waals surface area contributed by atoms with E-state index in [0.29, 0.717) is 56.1 Å². The number of amides is 2. The first-order chi connectivity index (χ1) is 23.9. The van der Waals surface area contributed by atoms with Crippen LogP contribution in [-0.4, -0.2) is 69.5 Å². The molecule has 8 rings (SSSR count). The van der Waals surface area contributed by atoms with Gasteiger partial charge < -0.3 is 23.5 Å². The lowest BCUT2D eigenvalue weighted by molar-refractivity contribution is 0.0299. The van der Waals surface area contributed by atoms with Crippen LogP contribution in [0.1, 0.15) is 108 Å². The Morgan fingerprint density at radius 1 is 1.00 bits per heavy atom. The summed E-state index contributed by atoms with van der Waals surface area (Å²) in [7, 11) is 1.71. The van der Waals surface area contributed by atoms with E-state index in [4.69, 9.17) is 14.5 Å². The highest BCUT2D eigenvalue weighted by Crippen LogP contribution is 2.48. The van der Waals surface area contributed by atoms with Crippen LogP contribution in [0.2, 0.25) is 0 Å². The topological polar surface area (TPSA) is 90.6 Å². The van der Waals surface area contributed by atoms with E-state index in [9.17, 15) is 9.59 Å². The standard InChI is InChI=1S/C39H45N5O4S/c1-24(2)49-41-38(45)26-9-13-32-33(21-26)43-22-28(36-35(40-23-44(36)29-10-11-29)39(46)42-15-17-48-18-16-42)19-27-20-30(47-3)12-14-31(27)37(43)34(32)25-7-5-4-6-8-25/h9,12-14,19-21,23-25,29H,4-8,10-11,15-18,22H2,1-3H3,(H,41,45). The molecule has 0 spiro atoms. The predicted octanol–water partition coefficient (Wildman–Crippen LogP) is 7.71. The fourth-order valence-electron chi connectivity index (χ4n) is 7.94. The minimum absolute atomic E-state index is 0.0456. The zero-order valence-electron chi connectivity index (χ0n) is 28.7. The van der Waals surface area contributed by atoms with Gasteiger partial charge in [-0.25, -0.2) is 4.98 Å². The summed E-state index contributed by atoms with van der Waals surface area (Å²) in [5.74, 6) is 1.08. The van der Waals surface area contributed by atoms with Gasteiger partial charge in [0.25, 0.3) is 11.8 Å². The summed E-state index contributed by atoms with van der Waals surface area (Å²) in [5, 5.41) is 1.49. The highest BCUT2D eigenvalue weighted by Gasteiger charge is 2.35. The Balaban J connectivity index is 1.35. The van der Waals surface area contributed by atoms with Crippen LogP contribution >= 0.6 is 11.9 Å². The van der Waals surface area contributed by atoms with Crippen molar-refractivity contribution in [3.05, 3.63) is 70.8 Å². The van der Waals surface area contributed by atoms with Crippen molar-refractivity contribution in [1.29, 1.82) is 0 Å². The second-order valence-electron chi connectivity index (χ2n) is 14.1. The number of rotatable bonds is 8. The van der Waals surface area contributed by atoms with Crippen LogP contribution < -0.4 is 9.46 Å². The Morgan fingerprint density at radius 3 is 2.53 bits per heavy atom. The van der Waals surface area contributed by atoms with E-state index < -0.39 is 0 Å². The Hall–Kier alpha value is -4.02. The molecule has 4 aliphatic rings. The van der Waals surface area contributed by atoms with Crippen LogP contribution in [0.15, 0.2) is 42.7 Å². The number of aromatic nitrogens is 3. The summed E-state index contributed by atoms with van der Waals surface area (Å²) in [5.41, 5.74) is 8.91. The van der Waals surface area contributed by atoms with E-state index in [1.165, 1.54) is 47.9 Å². The van der Waals surface area contributed by atoms with Crippen molar-refractivity contribution >= 4 is 46.3 Å². The molecule has 2 aliphatic carbocycles. The number of carbonyl (C=O) groups is 2. The number of ether oxygens (including phenoxy) is 2. The third-order valence-electron chi connectivity index (χ3n) is 10.5. The van der Waals surface area contributed by atoms with Crippen molar-refractivity contribution < 1.29 is 19.1 Å². The third-order valence-corrected chi connectivity index (χ3v) is 11.3. The molecule has 0 unspecified atom stereocenters. The first-order valence-corrected chi connectivity index (χ1v) is 18.7. The molecule has 2 amide bonds. The van der Waals surface area contributed by atoms with E-state index in [2.05, 4.69) is 58.0 Å². The number of benzene rings is 2. The Bertz CT molecular complexity index is 1940. The summed E-state index contributed by atoms with van der Waals surface area (Å²) in [6.07, 6.45) is 12.3. The molecule has 2 aliphatic heterocycles. The van der Waals surface area contributed by atoms with Gasteiger partial charge in [0, 0.05) is 46.4 Å². The number of fused-ring (bicyclic) bond motifs is 5. The number of nitrogens with one attached hydrogen (secondary N) is 1. The molecule has 2 saturated carbocycles. The first kappa shape index (κ1) is 32.2. The van der Waals surface area contributed by atoms with Crippen LogP contribution in [0.25, 0.3) is 33.8 Å². The van der Waals surface area contributed by atoms with Crippen LogP contribution in [0.5, 0.6) is 5.75 Å². The molecule has 49 heavy (non-hydrogen) atoms. The average molecular weight is 680 g/mol. The lowest BCUT2D eigenvalue weighted by Gasteiger charge is -2.27. The summed E-state index contributed by atoms with van der Waals surface area (Å²) >= 11 is 1.44. The minimum Gasteiger partial charge on any atom is -0.497 e. The maximum absolute atomic E-state index is 14.1. The largest absolute Gasteiger partial charge is 0.497 e. The smallest absolute Gasteiger partial charge is 0.274 e. The molecule has 4 heterocycles. The molecule has 256 valence electrons. The van der Waals surface area contributed by atoms with Gasteiger partial charge in [0.15, 0.2) is 5.69 Å². The summed E-state index contributed by atoms with van der Waals surface area (Å²) in [4.78, 5) is 34.3. The van der Waals surface area contributed by atoms with Gasteiger partial charge >= 0.3 is 0 Å². The number of methoxy groups -OCH3 is 1. The van der Waals surface area contributed by atoms with Crippen molar-refractivity contribution in [1.82, 2.24) is 23.7 Å². The van der Waals surface area contributed by atoms with Gasteiger partial charge in [-0.05, 0) is 96.7 Å². The lowest BCUT2D eigenvalue weighted by atomic mass is 9.81. The molecule has 2 aromatic heterocycles. The molecule has 0 atom stereocenters. The Morgan fingerprint density at radius 2 is 1.80 bits per heavy atom. The molecule has 9 nitrogen and oxygen atoms in total. The molecule has 4 aromatic rings. The van der Waals surface area contributed by atoms with E-state index >= 15 is 0 Å². The van der Waals surface area contributed by atoms with Crippen molar-refractivity contribution in [2.24, 2.45) is 0 Å². The molecular formula is C39H45N5O4S. The van der Waals surface area contributed by atoms with E-state index in [1.54, 1.807) is 7.11 Å². The molecular weight excluding hydrogens is 635 g/mol. The van der Waals surface area contributed by atoms with E-state index in [1.807, 2.05) is 23.4 Å². The second kappa shape index (κ2) is 13.4. The number of hydrogen-bond donors (Lipinski definition) is 1. The summed E-state index contributed by atoms with van der Waals surface area (Å²) in [6, 6.07) is 12.9. The van der Waals surface area contributed by atoms with Crippen LogP contribution in [0, 0.1) is 0 Å². The molecule has 0 radical (unpaired) electrons. The number of allylic oxidation sites excluding steroid dienone is 1. The van der Waals surface area contributed by atoms with Gasteiger partial charge in [-0.2, -0.15) is 0 Å². The average Bonchev–Trinajstić information content (AvgIpc) is 3.84. The number of morpholine rings is 1. The zero-order chi connectivity index (χ0) is 33.6. The van der Waals surface area contributed by atoms with E-state index in [0.717, 1.165) is 59.3 Å². The number of hydrogen-bond acceptors (Lipinski definition) is 6. The number of nitrogens with zero attached hydrogens (tertiary/aromatic N) is 4. The molecule has 1 N–H and O–H groups in total. The monoisotopic (exact) mass is 679 g/mol. The first-order valence-electron chi connectivity index (χ1n) is 17.9. The molecule has 10 heteroatoms.